The fourth-order valence-electron chi connectivity index (χ4n) is 5.30. The van der Waals surface area contributed by atoms with Crippen molar-refractivity contribution in [1.82, 2.24) is 9.80 Å². The Bertz CT molecular complexity index is 1010. The molecule has 188 valence electrons. The van der Waals surface area contributed by atoms with E-state index in [2.05, 4.69) is 0 Å². The van der Waals surface area contributed by atoms with Crippen LogP contribution < -0.4 is 5.73 Å². The summed E-state index contributed by atoms with van der Waals surface area (Å²) < 4.78 is 27.3. The summed E-state index contributed by atoms with van der Waals surface area (Å²) in [7, 11) is 0. The van der Waals surface area contributed by atoms with Crippen molar-refractivity contribution in [2.45, 2.75) is 63.3 Å². The highest BCUT2D eigenvalue weighted by molar-refractivity contribution is 5.89. The smallest absolute Gasteiger partial charge is 0.248 e. The zero-order valence-corrected chi connectivity index (χ0v) is 19.8. The number of nitrogens with zero attached hydrogens (tertiary/aromatic N) is 2. The standard InChI is InChI=1S/C27H33F2N3O3/c28-21-12-20(13-22(29)16-21)14-23(30)26(34)25-27(35)31(17-19-8-2-1-3-9-19)10-11-32(25)24(33)15-18-6-4-5-7-18/h1-3,8-9,12-13,16,18,23,25-26,34H,4-7,10-11,14-15,17,30H2/t23?,25-,26-/m0/s1. The van der Waals surface area contributed by atoms with Crippen molar-refractivity contribution in [1.29, 1.82) is 0 Å². The Kier molecular flexibility index (Phi) is 8.13. The molecule has 2 aromatic carbocycles. The lowest BCUT2D eigenvalue weighted by molar-refractivity contribution is -0.158. The molecule has 35 heavy (non-hydrogen) atoms. The van der Waals surface area contributed by atoms with Crippen LogP contribution in [0, 0.1) is 17.6 Å². The second-order valence-corrected chi connectivity index (χ2v) is 9.77. The Morgan fingerprint density at radius 1 is 1.03 bits per heavy atom. The van der Waals surface area contributed by atoms with E-state index >= 15 is 0 Å². The second kappa shape index (κ2) is 11.3. The number of hydrogen-bond acceptors (Lipinski definition) is 4. The zero-order valence-electron chi connectivity index (χ0n) is 19.8. The van der Waals surface area contributed by atoms with Gasteiger partial charge in [0.2, 0.25) is 11.8 Å². The Labute approximate surface area is 204 Å². The molecular weight excluding hydrogens is 452 g/mol. The first-order valence-electron chi connectivity index (χ1n) is 12.3. The molecule has 0 spiro atoms. The van der Waals surface area contributed by atoms with Crippen molar-refractivity contribution in [2.24, 2.45) is 11.7 Å². The summed E-state index contributed by atoms with van der Waals surface area (Å²) in [4.78, 5) is 29.9. The van der Waals surface area contributed by atoms with E-state index in [9.17, 15) is 23.5 Å². The minimum atomic E-state index is -1.39. The van der Waals surface area contributed by atoms with Crippen LogP contribution in [0.3, 0.4) is 0 Å². The molecule has 1 aliphatic heterocycles. The number of benzene rings is 2. The number of aliphatic hydroxyl groups is 1. The molecule has 1 unspecified atom stereocenters. The number of amides is 2. The molecule has 4 rings (SSSR count). The number of piperazine rings is 1. The largest absolute Gasteiger partial charge is 0.389 e. The summed E-state index contributed by atoms with van der Waals surface area (Å²) in [5.41, 5.74) is 7.49. The van der Waals surface area contributed by atoms with Gasteiger partial charge in [-0.3, -0.25) is 9.59 Å². The van der Waals surface area contributed by atoms with Crippen LogP contribution in [0.1, 0.15) is 43.2 Å². The number of aliphatic hydroxyl groups excluding tert-OH is 1. The third kappa shape index (κ3) is 6.24. The van der Waals surface area contributed by atoms with E-state index in [1.807, 2.05) is 30.3 Å². The average molecular weight is 486 g/mol. The minimum absolute atomic E-state index is 0.0387. The van der Waals surface area contributed by atoms with Gasteiger partial charge in [-0.05, 0) is 48.4 Å². The Balaban J connectivity index is 1.54. The fraction of sp³-hybridized carbons (Fsp3) is 0.481. The molecule has 2 amide bonds. The normalized spacial score (nSPS) is 20.8. The van der Waals surface area contributed by atoms with E-state index in [4.69, 9.17) is 5.73 Å². The summed E-state index contributed by atoms with van der Waals surface area (Å²) in [6.45, 7) is 1.02. The number of hydrogen-bond donors (Lipinski definition) is 2. The molecule has 8 heteroatoms. The summed E-state index contributed by atoms with van der Waals surface area (Å²) >= 11 is 0. The highest BCUT2D eigenvalue weighted by atomic mass is 19.1. The molecule has 1 aliphatic carbocycles. The number of rotatable bonds is 8. The van der Waals surface area contributed by atoms with Crippen molar-refractivity contribution in [3.8, 4) is 0 Å². The maximum Gasteiger partial charge on any atom is 0.248 e. The van der Waals surface area contributed by atoms with Gasteiger partial charge in [-0.2, -0.15) is 0 Å². The lowest BCUT2D eigenvalue weighted by atomic mass is 9.92. The van der Waals surface area contributed by atoms with E-state index in [-0.39, 0.29) is 23.8 Å². The van der Waals surface area contributed by atoms with Crippen LogP contribution in [-0.4, -0.2) is 58.0 Å². The van der Waals surface area contributed by atoms with Crippen molar-refractivity contribution in [2.75, 3.05) is 13.1 Å². The molecule has 1 saturated carbocycles. The van der Waals surface area contributed by atoms with Crippen LogP contribution in [0.15, 0.2) is 48.5 Å². The lowest BCUT2D eigenvalue weighted by Gasteiger charge is -2.44. The van der Waals surface area contributed by atoms with Crippen LogP contribution in [0.25, 0.3) is 0 Å². The van der Waals surface area contributed by atoms with Gasteiger partial charge in [0.15, 0.2) is 0 Å². The zero-order chi connectivity index (χ0) is 24.9. The van der Waals surface area contributed by atoms with Crippen LogP contribution >= 0.6 is 0 Å². The van der Waals surface area contributed by atoms with Crippen LogP contribution in [0.4, 0.5) is 8.78 Å². The summed E-state index contributed by atoms with van der Waals surface area (Å²) in [6.07, 6.45) is 3.10. The highest BCUT2D eigenvalue weighted by Gasteiger charge is 2.44. The molecule has 1 saturated heterocycles. The van der Waals surface area contributed by atoms with Crippen molar-refractivity contribution < 1.29 is 23.5 Å². The van der Waals surface area contributed by atoms with Crippen molar-refractivity contribution in [3.63, 3.8) is 0 Å². The van der Waals surface area contributed by atoms with Crippen molar-refractivity contribution >= 4 is 11.8 Å². The van der Waals surface area contributed by atoms with Gasteiger partial charge in [-0.25, -0.2) is 8.78 Å². The summed E-state index contributed by atoms with van der Waals surface area (Å²) in [6, 6.07) is 10.4. The van der Waals surface area contributed by atoms with Gasteiger partial charge >= 0.3 is 0 Å². The molecule has 3 atom stereocenters. The molecule has 3 N–H and O–H groups in total. The molecule has 1 heterocycles. The fourth-order valence-corrected chi connectivity index (χ4v) is 5.30. The van der Waals surface area contributed by atoms with Crippen LogP contribution in [-0.2, 0) is 22.6 Å². The molecule has 2 fully saturated rings. The van der Waals surface area contributed by atoms with E-state index in [0.29, 0.717) is 32.0 Å². The van der Waals surface area contributed by atoms with Gasteiger partial charge in [0.05, 0.1) is 6.10 Å². The number of carbonyl (C=O) groups excluding carboxylic acids is 2. The summed E-state index contributed by atoms with van der Waals surface area (Å²) in [5, 5.41) is 11.2. The average Bonchev–Trinajstić information content (AvgIpc) is 3.32. The van der Waals surface area contributed by atoms with E-state index < -0.39 is 29.8 Å². The Morgan fingerprint density at radius 3 is 2.34 bits per heavy atom. The number of nitrogens with two attached hydrogens (primary N) is 1. The quantitative estimate of drug-likeness (QED) is 0.602. The molecule has 0 radical (unpaired) electrons. The lowest BCUT2D eigenvalue weighted by Crippen LogP contribution is -2.65. The number of carbonyl (C=O) groups is 2. The molecule has 0 aromatic heterocycles. The monoisotopic (exact) mass is 485 g/mol. The minimum Gasteiger partial charge on any atom is -0.389 e. The summed E-state index contributed by atoms with van der Waals surface area (Å²) in [5.74, 6) is -1.71. The Hall–Kier alpha value is -2.84. The maximum absolute atomic E-state index is 13.7. The molecule has 2 aliphatic rings. The molecule has 0 bridgehead atoms. The van der Waals surface area contributed by atoms with Gasteiger partial charge in [0.25, 0.3) is 0 Å². The van der Waals surface area contributed by atoms with Gasteiger partial charge in [0.1, 0.15) is 17.7 Å². The predicted molar refractivity (Wildman–Crippen MR) is 128 cm³/mol. The van der Waals surface area contributed by atoms with Gasteiger partial charge < -0.3 is 20.6 Å². The van der Waals surface area contributed by atoms with Gasteiger partial charge in [0, 0.05) is 38.2 Å². The third-order valence-corrected chi connectivity index (χ3v) is 7.14. The molecule has 2 aromatic rings. The first kappa shape index (κ1) is 25.3. The topological polar surface area (TPSA) is 86.9 Å². The van der Waals surface area contributed by atoms with E-state index in [1.54, 1.807) is 4.90 Å². The van der Waals surface area contributed by atoms with Crippen molar-refractivity contribution in [3.05, 3.63) is 71.3 Å². The highest BCUT2D eigenvalue weighted by Crippen LogP contribution is 2.29. The van der Waals surface area contributed by atoms with Gasteiger partial charge in [-0.1, -0.05) is 43.2 Å². The Morgan fingerprint density at radius 2 is 1.69 bits per heavy atom. The second-order valence-electron chi connectivity index (χ2n) is 9.77. The molecular formula is C27H33F2N3O3. The first-order chi connectivity index (χ1) is 16.8. The maximum atomic E-state index is 13.7. The molecule has 6 nitrogen and oxygen atoms in total. The van der Waals surface area contributed by atoms with Gasteiger partial charge in [-0.15, -0.1) is 0 Å². The third-order valence-electron chi connectivity index (χ3n) is 7.14. The predicted octanol–water partition coefficient (Wildman–Crippen LogP) is 3.02. The number of halogens is 2. The first-order valence-corrected chi connectivity index (χ1v) is 12.3. The van der Waals surface area contributed by atoms with Crippen LogP contribution in [0.5, 0.6) is 0 Å². The van der Waals surface area contributed by atoms with E-state index in [0.717, 1.165) is 49.4 Å². The SMILES string of the molecule is NC(Cc1cc(F)cc(F)c1)[C@H](O)[C@H]1C(=O)N(Cc2ccccc2)CCN1C(=O)CC1CCCC1. The van der Waals surface area contributed by atoms with E-state index in [1.165, 1.54) is 4.90 Å². The van der Waals surface area contributed by atoms with Crippen LogP contribution in [0.2, 0.25) is 0 Å².